The number of carbonyl (C=O) groups is 1. The molecule has 1 aliphatic carbocycles. The van der Waals surface area contributed by atoms with E-state index in [-0.39, 0.29) is 12.2 Å². The zero-order valence-corrected chi connectivity index (χ0v) is 28.9. The molecule has 6 aromatic rings. The minimum Gasteiger partial charge on any atom is -0.457 e. The van der Waals surface area contributed by atoms with E-state index < -0.39 is 30.4 Å². The molecule has 272 valence electrons. The molecule has 8 rings (SSSR count). The van der Waals surface area contributed by atoms with Gasteiger partial charge >= 0.3 is 5.69 Å². The van der Waals surface area contributed by atoms with Gasteiger partial charge in [-0.25, -0.2) is 19.7 Å². The summed E-state index contributed by atoms with van der Waals surface area (Å²) >= 11 is 0. The number of carbonyl (C=O) groups excluding carboxylic acids is 1. The van der Waals surface area contributed by atoms with Crippen molar-refractivity contribution >= 4 is 33.9 Å². The molecular weight excluding hydrogens is 676 g/mol. The Hall–Kier alpha value is -5.83. The number of rotatable bonds is 12. The molecule has 0 spiro atoms. The number of aryl methyl sites for hydroxylation is 1. The summed E-state index contributed by atoms with van der Waals surface area (Å²) in [7, 11) is 0. The first kappa shape index (κ1) is 34.3. The number of anilines is 1. The van der Waals surface area contributed by atoms with E-state index in [1.807, 2.05) is 54.6 Å². The molecule has 0 unspecified atom stereocenters. The first-order valence-electron chi connectivity index (χ1n) is 17.8. The number of para-hydroxylation sites is 1. The number of nitrogens with one attached hydrogen (secondary N) is 3. The van der Waals surface area contributed by atoms with Gasteiger partial charge in [0.25, 0.3) is 5.91 Å². The summed E-state index contributed by atoms with van der Waals surface area (Å²) < 4.78 is 15.2. The highest BCUT2D eigenvalue weighted by Crippen LogP contribution is 2.32. The third-order valence-corrected chi connectivity index (χ3v) is 9.87. The van der Waals surface area contributed by atoms with Crippen molar-refractivity contribution in [2.75, 3.05) is 11.9 Å². The highest BCUT2D eigenvalue weighted by molar-refractivity contribution is 5.97. The van der Waals surface area contributed by atoms with Gasteiger partial charge in [-0.1, -0.05) is 42.0 Å². The molecule has 3 aromatic heterocycles. The number of hydrogen-bond acceptors (Lipinski definition) is 10. The number of ether oxygens (including phenoxy) is 2. The Labute approximate surface area is 304 Å². The van der Waals surface area contributed by atoms with Gasteiger partial charge in [0, 0.05) is 25.2 Å². The molecule has 0 saturated carbocycles. The van der Waals surface area contributed by atoms with Crippen LogP contribution in [0, 0.1) is 0 Å². The number of amides is 1. The fraction of sp³-hybridized carbons (Fsp3) is 0.308. The van der Waals surface area contributed by atoms with E-state index in [0.29, 0.717) is 41.2 Å². The summed E-state index contributed by atoms with van der Waals surface area (Å²) in [6, 6.07) is 22.4. The number of aliphatic hydroxyl groups excluding tert-OH is 2. The number of aliphatic hydroxyl groups is 2. The highest BCUT2D eigenvalue weighted by Gasteiger charge is 2.44. The standard InChI is InChI=1S/C39H40N8O6/c48-33-31(21-41-37(50)26-13-16-30-29(19-26)45-39(51)46(30)18-17-24-7-3-1-4-8-24)53-38(34(33)49)47-23-44-32-35(42-22-43-36(32)47)40-20-25-11-14-28(15-12-25)52-27-9-5-2-6-10-27/h2,5-7,9-16,19,22-23,31,33-34,38,48-49H,1,3-4,8,17-18,20-21H2,(H,41,50)(H,45,51)(H,40,42,43)/t31-,33-,34-,38-/m1/s1. The fourth-order valence-corrected chi connectivity index (χ4v) is 6.99. The van der Waals surface area contributed by atoms with Crippen LogP contribution in [0.3, 0.4) is 0 Å². The topological polar surface area (TPSA) is 181 Å². The van der Waals surface area contributed by atoms with E-state index in [9.17, 15) is 19.8 Å². The molecule has 4 atom stereocenters. The molecular formula is C39H40N8O6. The first-order valence-corrected chi connectivity index (χ1v) is 17.8. The van der Waals surface area contributed by atoms with Crippen LogP contribution >= 0.6 is 0 Å². The van der Waals surface area contributed by atoms with Gasteiger partial charge in [0.1, 0.15) is 36.1 Å². The zero-order valence-electron chi connectivity index (χ0n) is 28.9. The smallest absolute Gasteiger partial charge is 0.326 e. The third kappa shape index (κ3) is 7.29. The molecule has 5 N–H and O–H groups in total. The van der Waals surface area contributed by atoms with Gasteiger partial charge in [-0.15, -0.1) is 0 Å². The van der Waals surface area contributed by atoms with E-state index in [0.717, 1.165) is 41.8 Å². The Kier molecular flexibility index (Phi) is 9.72. The number of H-pyrrole nitrogens is 1. The summed E-state index contributed by atoms with van der Waals surface area (Å²) in [6.45, 7) is 0.968. The van der Waals surface area contributed by atoms with E-state index >= 15 is 0 Å². The number of aromatic nitrogens is 6. The maximum Gasteiger partial charge on any atom is 0.326 e. The monoisotopic (exact) mass is 716 g/mol. The lowest BCUT2D eigenvalue weighted by molar-refractivity contribution is -0.0337. The molecule has 2 aliphatic rings. The van der Waals surface area contributed by atoms with Gasteiger partial charge in [0.2, 0.25) is 0 Å². The number of aromatic amines is 1. The average Bonchev–Trinajstić information content (AvgIpc) is 3.85. The van der Waals surface area contributed by atoms with Crippen molar-refractivity contribution in [1.29, 1.82) is 0 Å². The van der Waals surface area contributed by atoms with Crippen molar-refractivity contribution in [3.8, 4) is 11.5 Å². The summed E-state index contributed by atoms with van der Waals surface area (Å²) in [5, 5.41) is 28.0. The maximum absolute atomic E-state index is 13.2. The highest BCUT2D eigenvalue weighted by atomic mass is 16.6. The quantitative estimate of drug-likeness (QED) is 0.110. The summed E-state index contributed by atoms with van der Waals surface area (Å²) in [4.78, 5) is 42.0. The average molecular weight is 717 g/mol. The van der Waals surface area contributed by atoms with Gasteiger partial charge in [-0.2, -0.15) is 0 Å². The molecule has 3 aromatic carbocycles. The fourth-order valence-electron chi connectivity index (χ4n) is 6.99. The Bertz CT molecular complexity index is 2320. The lowest BCUT2D eigenvalue weighted by atomic mass is 9.97. The van der Waals surface area contributed by atoms with Crippen LogP contribution in [0.2, 0.25) is 0 Å². The Morgan fingerprint density at radius 1 is 0.981 bits per heavy atom. The largest absolute Gasteiger partial charge is 0.457 e. The van der Waals surface area contributed by atoms with Crippen LogP contribution in [0.4, 0.5) is 5.82 Å². The molecule has 53 heavy (non-hydrogen) atoms. The summed E-state index contributed by atoms with van der Waals surface area (Å²) in [6.07, 6.45) is 6.02. The van der Waals surface area contributed by atoms with Crippen LogP contribution in [0.15, 0.2) is 102 Å². The lowest BCUT2D eigenvalue weighted by Gasteiger charge is -2.17. The zero-order chi connectivity index (χ0) is 36.3. The molecule has 14 nitrogen and oxygen atoms in total. The van der Waals surface area contributed by atoms with E-state index in [2.05, 4.69) is 36.6 Å². The van der Waals surface area contributed by atoms with Crippen molar-refractivity contribution in [2.45, 2.75) is 69.7 Å². The van der Waals surface area contributed by atoms with Crippen molar-refractivity contribution in [3.05, 3.63) is 119 Å². The molecule has 1 fully saturated rings. The minimum atomic E-state index is -1.32. The van der Waals surface area contributed by atoms with Gasteiger partial charge in [-0.3, -0.25) is 13.9 Å². The summed E-state index contributed by atoms with van der Waals surface area (Å²) in [5.41, 5.74) is 4.69. The van der Waals surface area contributed by atoms with Crippen molar-refractivity contribution in [2.24, 2.45) is 0 Å². The first-order chi connectivity index (χ1) is 25.9. The SMILES string of the molecule is O=C(NC[C@H]1O[C@@H](n2cnc3c(NCc4ccc(Oc5ccccc5)cc4)ncnc32)[C@H](O)[C@@H]1O)c1ccc2c(c1)[nH]c(=O)n2CCC1=CCCCC1. The van der Waals surface area contributed by atoms with Crippen LogP contribution in [0.25, 0.3) is 22.2 Å². The van der Waals surface area contributed by atoms with Crippen molar-refractivity contribution in [1.82, 2.24) is 34.4 Å². The molecule has 1 saturated heterocycles. The predicted octanol–water partition coefficient (Wildman–Crippen LogP) is 4.81. The second kappa shape index (κ2) is 15.0. The number of imidazole rings is 2. The van der Waals surface area contributed by atoms with E-state index in [1.165, 1.54) is 31.1 Å². The van der Waals surface area contributed by atoms with Crippen LogP contribution in [-0.2, 0) is 17.8 Å². The number of fused-ring (bicyclic) bond motifs is 2. The predicted molar refractivity (Wildman–Crippen MR) is 198 cm³/mol. The Morgan fingerprint density at radius 2 is 1.81 bits per heavy atom. The van der Waals surface area contributed by atoms with Crippen LogP contribution in [0.1, 0.15) is 54.3 Å². The van der Waals surface area contributed by atoms with Gasteiger partial charge in [-0.05, 0) is 80.1 Å². The molecule has 14 heteroatoms. The van der Waals surface area contributed by atoms with Crippen LogP contribution in [0.5, 0.6) is 11.5 Å². The van der Waals surface area contributed by atoms with Gasteiger partial charge in [0.15, 0.2) is 23.2 Å². The Balaban J connectivity index is 0.888. The van der Waals surface area contributed by atoms with Gasteiger partial charge < -0.3 is 35.3 Å². The summed E-state index contributed by atoms with van der Waals surface area (Å²) in [5.74, 6) is 1.57. The minimum absolute atomic E-state index is 0.0676. The molecule has 0 radical (unpaired) electrons. The third-order valence-electron chi connectivity index (χ3n) is 9.87. The van der Waals surface area contributed by atoms with Crippen molar-refractivity contribution < 1.29 is 24.5 Å². The normalized spacial score (nSPS) is 20.1. The second-order valence-corrected chi connectivity index (χ2v) is 13.4. The van der Waals surface area contributed by atoms with Gasteiger partial charge in [0.05, 0.1) is 17.4 Å². The molecule has 1 aliphatic heterocycles. The number of nitrogens with zero attached hydrogens (tertiary/aromatic N) is 5. The molecule has 4 heterocycles. The maximum atomic E-state index is 13.2. The Morgan fingerprint density at radius 3 is 2.62 bits per heavy atom. The molecule has 1 amide bonds. The van der Waals surface area contributed by atoms with E-state index in [4.69, 9.17) is 9.47 Å². The number of allylic oxidation sites excluding steroid dienone is 2. The number of benzene rings is 3. The number of hydrogen-bond donors (Lipinski definition) is 5. The van der Waals surface area contributed by atoms with E-state index in [1.54, 1.807) is 27.3 Å². The van der Waals surface area contributed by atoms with Crippen LogP contribution < -0.4 is 21.1 Å². The second-order valence-electron chi connectivity index (χ2n) is 13.4. The van der Waals surface area contributed by atoms with Crippen LogP contribution in [-0.4, -0.2) is 70.0 Å². The molecule has 0 bridgehead atoms. The van der Waals surface area contributed by atoms with Crippen molar-refractivity contribution in [3.63, 3.8) is 0 Å². The lowest BCUT2D eigenvalue weighted by Crippen LogP contribution is -2.39.